The van der Waals surface area contributed by atoms with E-state index in [1.165, 1.54) is 11.3 Å². The Bertz CT molecular complexity index is 894. The number of aryl methyl sites for hydroxylation is 2. The van der Waals surface area contributed by atoms with Gasteiger partial charge in [0, 0.05) is 44.0 Å². The highest BCUT2D eigenvalue weighted by Gasteiger charge is 2.25. The standard InChI is InChI=1S/C15H17N7OS/c1-10-18-19-14-13(16-3-4-22(10)14)20-5-7-21(8-6-20)15(23)12-9-24-11(2)17-12/h3-4,9H,5-8H2,1-2H3. The van der Waals surface area contributed by atoms with Crippen LogP contribution in [0.2, 0.25) is 0 Å². The lowest BCUT2D eigenvalue weighted by atomic mass is 10.3. The minimum Gasteiger partial charge on any atom is -0.350 e. The molecule has 3 aromatic rings. The Kier molecular flexibility index (Phi) is 3.64. The Morgan fingerprint density at radius 1 is 1.17 bits per heavy atom. The van der Waals surface area contributed by atoms with Gasteiger partial charge in [-0.3, -0.25) is 9.20 Å². The maximum absolute atomic E-state index is 12.5. The number of nitrogens with zero attached hydrogens (tertiary/aromatic N) is 7. The number of rotatable bonds is 2. The van der Waals surface area contributed by atoms with Crippen molar-refractivity contribution in [3.8, 4) is 0 Å². The summed E-state index contributed by atoms with van der Waals surface area (Å²) in [6, 6.07) is 0. The fourth-order valence-corrected chi connectivity index (χ4v) is 3.48. The Morgan fingerprint density at radius 3 is 2.67 bits per heavy atom. The highest BCUT2D eigenvalue weighted by Crippen LogP contribution is 2.20. The van der Waals surface area contributed by atoms with Crippen molar-refractivity contribution in [3.63, 3.8) is 0 Å². The maximum atomic E-state index is 12.5. The number of thiazole rings is 1. The van der Waals surface area contributed by atoms with Crippen molar-refractivity contribution in [2.75, 3.05) is 31.1 Å². The molecule has 0 aliphatic carbocycles. The molecule has 0 aromatic carbocycles. The minimum absolute atomic E-state index is 0.00323. The second-order valence-corrected chi connectivity index (χ2v) is 6.78. The average molecular weight is 343 g/mol. The summed E-state index contributed by atoms with van der Waals surface area (Å²) in [6.45, 7) is 6.54. The molecule has 0 spiro atoms. The second-order valence-electron chi connectivity index (χ2n) is 5.72. The SMILES string of the molecule is Cc1nc(C(=O)N2CCN(c3nccn4c(C)nnc34)CC2)cs1. The lowest BCUT2D eigenvalue weighted by molar-refractivity contribution is 0.0741. The van der Waals surface area contributed by atoms with Crippen molar-refractivity contribution in [2.24, 2.45) is 0 Å². The molecule has 0 atom stereocenters. The predicted octanol–water partition coefficient (Wildman–Crippen LogP) is 1.16. The number of aromatic nitrogens is 5. The minimum atomic E-state index is 0.00323. The first-order valence-corrected chi connectivity index (χ1v) is 8.64. The van der Waals surface area contributed by atoms with Crippen LogP contribution in [0.5, 0.6) is 0 Å². The van der Waals surface area contributed by atoms with Crippen LogP contribution in [0.4, 0.5) is 5.82 Å². The third kappa shape index (κ3) is 2.50. The van der Waals surface area contributed by atoms with Crippen LogP contribution in [0.15, 0.2) is 17.8 Å². The second kappa shape index (κ2) is 5.82. The summed E-state index contributed by atoms with van der Waals surface area (Å²) in [4.78, 5) is 25.2. The van der Waals surface area contributed by atoms with E-state index in [1.54, 1.807) is 6.20 Å². The summed E-state index contributed by atoms with van der Waals surface area (Å²) in [5.41, 5.74) is 1.30. The summed E-state index contributed by atoms with van der Waals surface area (Å²) >= 11 is 1.50. The molecule has 0 saturated carbocycles. The van der Waals surface area contributed by atoms with Gasteiger partial charge >= 0.3 is 0 Å². The Balaban J connectivity index is 1.50. The molecule has 4 heterocycles. The predicted molar refractivity (Wildman–Crippen MR) is 90.5 cm³/mol. The van der Waals surface area contributed by atoms with Gasteiger partial charge in [-0.25, -0.2) is 9.97 Å². The molecular weight excluding hydrogens is 326 g/mol. The number of carbonyl (C=O) groups excluding carboxylic acids is 1. The van der Waals surface area contributed by atoms with Gasteiger partial charge in [0.05, 0.1) is 5.01 Å². The highest BCUT2D eigenvalue weighted by molar-refractivity contribution is 7.09. The van der Waals surface area contributed by atoms with Crippen LogP contribution in [0, 0.1) is 13.8 Å². The molecule has 1 fully saturated rings. The number of amides is 1. The van der Waals surface area contributed by atoms with Crippen LogP contribution in [0.25, 0.3) is 5.65 Å². The van der Waals surface area contributed by atoms with Crippen LogP contribution in [-0.4, -0.2) is 61.6 Å². The van der Waals surface area contributed by atoms with Crippen LogP contribution in [0.3, 0.4) is 0 Å². The molecule has 8 nitrogen and oxygen atoms in total. The van der Waals surface area contributed by atoms with Crippen molar-refractivity contribution in [1.82, 2.24) is 29.5 Å². The van der Waals surface area contributed by atoms with Crippen LogP contribution in [-0.2, 0) is 0 Å². The summed E-state index contributed by atoms with van der Waals surface area (Å²) in [5.74, 6) is 1.65. The molecular formula is C15H17N7OS. The first-order valence-electron chi connectivity index (χ1n) is 7.76. The number of hydrogen-bond donors (Lipinski definition) is 0. The van der Waals surface area contributed by atoms with Crippen LogP contribution >= 0.6 is 11.3 Å². The molecule has 1 saturated heterocycles. The molecule has 0 unspecified atom stereocenters. The van der Waals surface area contributed by atoms with Gasteiger partial charge in [0.15, 0.2) is 5.82 Å². The third-order valence-electron chi connectivity index (χ3n) is 4.18. The molecule has 1 amide bonds. The summed E-state index contributed by atoms with van der Waals surface area (Å²) in [5, 5.41) is 11.1. The highest BCUT2D eigenvalue weighted by atomic mass is 32.1. The van der Waals surface area contributed by atoms with Crippen LogP contribution < -0.4 is 4.90 Å². The van der Waals surface area contributed by atoms with Gasteiger partial charge in [0.2, 0.25) is 5.65 Å². The summed E-state index contributed by atoms with van der Waals surface area (Å²) in [6.07, 6.45) is 3.62. The fourth-order valence-electron chi connectivity index (χ4n) is 2.90. The molecule has 0 radical (unpaired) electrons. The lowest BCUT2D eigenvalue weighted by Gasteiger charge is -2.35. The Hall–Kier alpha value is -2.55. The molecule has 3 aromatic heterocycles. The number of anilines is 1. The number of piperazine rings is 1. The lowest BCUT2D eigenvalue weighted by Crippen LogP contribution is -2.49. The fraction of sp³-hybridized carbons (Fsp3) is 0.400. The van der Waals surface area contributed by atoms with Crippen molar-refractivity contribution >= 4 is 28.7 Å². The van der Waals surface area contributed by atoms with Gasteiger partial charge in [-0.15, -0.1) is 21.5 Å². The summed E-state index contributed by atoms with van der Waals surface area (Å²) < 4.78 is 1.93. The van der Waals surface area contributed by atoms with E-state index in [0.717, 1.165) is 22.3 Å². The molecule has 24 heavy (non-hydrogen) atoms. The Labute approximate surface area is 142 Å². The molecule has 9 heteroatoms. The van der Waals surface area contributed by atoms with Gasteiger partial charge < -0.3 is 9.80 Å². The summed E-state index contributed by atoms with van der Waals surface area (Å²) in [7, 11) is 0. The topological polar surface area (TPSA) is 79.5 Å². The van der Waals surface area contributed by atoms with Crippen molar-refractivity contribution in [2.45, 2.75) is 13.8 Å². The van der Waals surface area contributed by atoms with Crippen molar-refractivity contribution in [3.05, 3.63) is 34.3 Å². The van der Waals surface area contributed by atoms with E-state index in [9.17, 15) is 4.79 Å². The van der Waals surface area contributed by atoms with Gasteiger partial charge in [-0.1, -0.05) is 0 Å². The van der Waals surface area contributed by atoms with E-state index in [2.05, 4.69) is 25.1 Å². The molecule has 4 rings (SSSR count). The number of carbonyl (C=O) groups is 1. The van der Waals surface area contributed by atoms with E-state index in [-0.39, 0.29) is 5.91 Å². The first kappa shape index (κ1) is 15.0. The third-order valence-corrected chi connectivity index (χ3v) is 4.96. The molecule has 1 aliphatic heterocycles. The van der Waals surface area contributed by atoms with E-state index >= 15 is 0 Å². The van der Waals surface area contributed by atoms with Crippen molar-refractivity contribution in [1.29, 1.82) is 0 Å². The Morgan fingerprint density at radius 2 is 1.96 bits per heavy atom. The zero-order valence-electron chi connectivity index (χ0n) is 13.5. The molecule has 124 valence electrons. The zero-order chi connectivity index (χ0) is 16.7. The first-order chi connectivity index (χ1) is 11.6. The van der Waals surface area contributed by atoms with Gasteiger partial charge in [-0.05, 0) is 13.8 Å². The number of hydrogen-bond acceptors (Lipinski definition) is 7. The van der Waals surface area contributed by atoms with E-state index in [0.29, 0.717) is 31.9 Å². The molecule has 0 N–H and O–H groups in total. The molecule has 1 aliphatic rings. The van der Waals surface area contributed by atoms with Gasteiger partial charge in [0.25, 0.3) is 5.91 Å². The van der Waals surface area contributed by atoms with E-state index in [4.69, 9.17) is 0 Å². The van der Waals surface area contributed by atoms with Crippen molar-refractivity contribution < 1.29 is 4.79 Å². The number of fused-ring (bicyclic) bond motifs is 1. The maximum Gasteiger partial charge on any atom is 0.273 e. The van der Waals surface area contributed by atoms with E-state index in [1.807, 2.05) is 34.7 Å². The van der Waals surface area contributed by atoms with Gasteiger partial charge in [0.1, 0.15) is 11.5 Å². The smallest absolute Gasteiger partial charge is 0.273 e. The zero-order valence-corrected chi connectivity index (χ0v) is 14.3. The molecule has 0 bridgehead atoms. The normalized spacial score (nSPS) is 15.2. The van der Waals surface area contributed by atoms with Crippen LogP contribution in [0.1, 0.15) is 21.3 Å². The largest absolute Gasteiger partial charge is 0.350 e. The quantitative estimate of drug-likeness (QED) is 0.695. The van der Waals surface area contributed by atoms with Gasteiger partial charge in [-0.2, -0.15) is 0 Å². The average Bonchev–Trinajstić information content (AvgIpc) is 3.21. The van der Waals surface area contributed by atoms with E-state index < -0.39 is 0 Å². The monoisotopic (exact) mass is 343 g/mol.